The molecule has 1 aromatic rings. The number of halogens is 1. The first kappa shape index (κ1) is 20.5. The van der Waals surface area contributed by atoms with Crippen LogP contribution in [-0.4, -0.2) is 48.3 Å². The van der Waals surface area contributed by atoms with Gasteiger partial charge in [-0.25, -0.2) is 0 Å². The van der Waals surface area contributed by atoms with Gasteiger partial charge in [-0.1, -0.05) is 26.0 Å². The summed E-state index contributed by atoms with van der Waals surface area (Å²) in [5, 5.41) is 0. The van der Waals surface area contributed by atoms with Crippen molar-refractivity contribution in [2.24, 2.45) is 11.1 Å². The standard InChI is InChI=1S/C18H27N3O2.ClH/c1-18(2,12-19)13-20(3)17(23)15-8-6-14(7-9-15)11-21-10-4-5-16(21)22;/h6-9H,4-5,10-13,19H2,1-3H3;1H. The van der Waals surface area contributed by atoms with E-state index in [9.17, 15) is 9.59 Å². The van der Waals surface area contributed by atoms with Gasteiger partial charge in [0.2, 0.25) is 5.91 Å². The first-order chi connectivity index (χ1) is 10.8. The van der Waals surface area contributed by atoms with E-state index in [1.807, 2.05) is 43.0 Å². The van der Waals surface area contributed by atoms with Crippen LogP contribution in [0.3, 0.4) is 0 Å². The summed E-state index contributed by atoms with van der Waals surface area (Å²) in [6.45, 7) is 6.71. The van der Waals surface area contributed by atoms with Crippen LogP contribution in [-0.2, 0) is 11.3 Å². The molecule has 6 heteroatoms. The number of hydrogen-bond donors (Lipinski definition) is 1. The van der Waals surface area contributed by atoms with E-state index in [1.165, 1.54) is 0 Å². The van der Waals surface area contributed by atoms with Crippen molar-refractivity contribution in [3.8, 4) is 0 Å². The zero-order valence-corrected chi connectivity index (χ0v) is 15.6. The van der Waals surface area contributed by atoms with Crippen LogP contribution in [0.5, 0.6) is 0 Å². The fourth-order valence-electron chi connectivity index (χ4n) is 2.84. The molecule has 0 atom stereocenters. The summed E-state index contributed by atoms with van der Waals surface area (Å²) in [4.78, 5) is 27.7. The molecule has 1 aliphatic rings. The minimum Gasteiger partial charge on any atom is -0.341 e. The molecule has 0 unspecified atom stereocenters. The van der Waals surface area contributed by atoms with Crippen LogP contribution in [0.2, 0.25) is 0 Å². The Bertz CT molecular complexity index is 572. The maximum absolute atomic E-state index is 12.5. The normalized spacial score (nSPS) is 14.5. The summed E-state index contributed by atoms with van der Waals surface area (Å²) >= 11 is 0. The van der Waals surface area contributed by atoms with Crippen LogP contribution < -0.4 is 5.73 Å². The zero-order chi connectivity index (χ0) is 17.0. The Hall–Kier alpha value is -1.59. The zero-order valence-electron chi connectivity index (χ0n) is 14.7. The van der Waals surface area contributed by atoms with Gasteiger partial charge in [0.15, 0.2) is 0 Å². The monoisotopic (exact) mass is 353 g/mol. The topological polar surface area (TPSA) is 66.6 Å². The second-order valence-electron chi connectivity index (χ2n) is 7.15. The van der Waals surface area contributed by atoms with Crippen molar-refractivity contribution < 1.29 is 9.59 Å². The molecule has 0 saturated carbocycles. The average Bonchev–Trinajstić information content (AvgIpc) is 2.92. The Morgan fingerprint density at radius 1 is 1.29 bits per heavy atom. The molecule has 2 rings (SSSR count). The number of likely N-dealkylation sites (tertiary alicyclic amines) is 1. The molecule has 0 aromatic heterocycles. The predicted molar refractivity (Wildman–Crippen MR) is 98.1 cm³/mol. The molecule has 134 valence electrons. The smallest absolute Gasteiger partial charge is 0.253 e. The van der Waals surface area contributed by atoms with E-state index in [2.05, 4.69) is 0 Å². The lowest BCUT2D eigenvalue weighted by Gasteiger charge is -2.29. The number of carbonyl (C=O) groups is 2. The summed E-state index contributed by atoms with van der Waals surface area (Å²) in [7, 11) is 1.80. The Kier molecular flexibility index (Phi) is 7.24. The van der Waals surface area contributed by atoms with Crippen molar-refractivity contribution in [2.45, 2.75) is 33.2 Å². The Morgan fingerprint density at radius 3 is 2.42 bits per heavy atom. The number of carbonyl (C=O) groups excluding carboxylic acids is 2. The Morgan fingerprint density at radius 2 is 1.92 bits per heavy atom. The third-order valence-corrected chi connectivity index (χ3v) is 4.31. The first-order valence-electron chi connectivity index (χ1n) is 8.15. The highest BCUT2D eigenvalue weighted by Gasteiger charge is 2.22. The fourth-order valence-corrected chi connectivity index (χ4v) is 2.84. The molecule has 1 aromatic carbocycles. The van der Waals surface area contributed by atoms with E-state index in [1.54, 1.807) is 11.9 Å². The third-order valence-electron chi connectivity index (χ3n) is 4.31. The summed E-state index contributed by atoms with van der Waals surface area (Å²) in [5.41, 5.74) is 7.36. The van der Waals surface area contributed by atoms with E-state index in [4.69, 9.17) is 5.73 Å². The van der Waals surface area contributed by atoms with Gasteiger partial charge in [0.25, 0.3) is 5.91 Å². The van der Waals surface area contributed by atoms with E-state index in [0.717, 1.165) is 18.5 Å². The highest BCUT2D eigenvalue weighted by Crippen LogP contribution is 2.17. The molecule has 1 aliphatic heterocycles. The van der Waals surface area contributed by atoms with Gasteiger partial charge < -0.3 is 15.5 Å². The van der Waals surface area contributed by atoms with E-state index in [0.29, 0.717) is 31.6 Å². The van der Waals surface area contributed by atoms with Crippen molar-refractivity contribution in [3.05, 3.63) is 35.4 Å². The summed E-state index contributed by atoms with van der Waals surface area (Å²) in [6.07, 6.45) is 1.59. The molecule has 1 fully saturated rings. The maximum atomic E-state index is 12.5. The van der Waals surface area contributed by atoms with Gasteiger partial charge in [-0.2, -0.15) is 0 Å². The molecule has 0 aliphatic carbocycles. The van der Waals surface area contributed by atoms with Crippen LogP contribution in [0.25, 0.3) is 0 Å². The quantitative estimate of drug-likeness (QED) is 0.853. The predicted octanol–water partition coefficient (Wildman–Crippen LogP) is 2.29. The number of rotatable bonds is 6. The van der Waals surface area contributed by atoms with Crippen molar-refractivity contribution in [2.75, 3.05) is 26.7 Å². The van der Waals surface area contributed by atoms with Gasteiger partial charge in [-0.15, -0.1) is 12.4 Å². The minimum absolute atomic E-state index is 0. The van der Waals surface area contributed by atoms with Crippen molar-refractivity contribution in [1.29, 1.82) is 0 Å². The highest BCUT2D eigenvalue weighted by atomic mass is 35.5. The van der Waals surface area contributed by atoms with Crippen molar-refractivity contribution in [3.63, 3.8) is 0 Å². The van der Waals surface area contributed by atoms with Crippen LogP contribution >= 0.6 is 12.4 Å². The number of nitrogens with zero attached hydrogens (tertiary/aromatic N) is 2. The van der Waals surface area contributed by atoms with Gasteiger partial charge in [-0.3, -0.25) is 9.59 Å². The average molecular weight is 354 g/mol. The maximum Gasteiger partial charge on any atom is 0.253 e. The van der Waals surface area contributed by atoms with Crippen LogP contribution in [0.4, 0.5) is 0 Å². The number of hydrogen-bond acceptors (Lipinski definition) is 3. The van der Waals surface area contributed by atoms with E-state index in [-0.39, 0.29) is 29.6 Å². The van der Waals surface area contributed by atoms with Gasteiger partial charge in [0.1, 0.15) is 0 Å². The lowest BCUT2D eigenvalue weighted by molar-refractivity contribution is -0.128. The van der Waals surface area contributed by atoms with Crippen molar-refractivity contribution >= 4 is 24.2 Å². The molecule has 5 nitrogen and oxygen atoms in total. The fraction of sp³-hybridized carbons (Fsp3) is 0.556. The summed E-state index contributed by atoms with van der Waals surface area (Å²) < 4.78 is 0. The summed E-state index contributed by atoms with van der Waals surface area (Å²) in [6, 6.07) is 7.54. The van der Waals surface area contributed by atoms with Gasteiger partial charge in [0, 0.05) is 38.7 Å². The molecule has 0 radical (unpaired) electrons. The van der Waals surface area contributed by atoms with Crippen LogP contribution in [0.1, 0.15) is 42.6 Å². The molecular formula is C18H28ClN3O2. The second kappa shape index (κ2) is 8.49. The summed E-state index contributed by atoms with van der Waals surface area (Å²) in [5.74, 6) is 0.212. The van der Waals surface area contributed by atoms with Gasteiger partial charge >= 0.3 is 0 Å². The Balaban J connectivity index is 0.00000288. The van der Waals surface area contributed by atoms with E-state index < -0.39 is 0 Å². The molecule has 0 bridgehead atoms. The molecule has 24 heavy (non-hydrogen) atoms. The third kappa shape index (κ3) is 5.21. The molecule has 2 N–H and O–H groups in total. The largest absolute Gasteiger partial charge is 0.341 e. The number of nitrogens with two attached hydrogens (primary N) is 1. The first-order valence-corrected chi connectivity index (χ1v) is 8.15. The minimum atomic E-state index is -0.0968. The lowest BCUT2D eigenvalue weighted by atomic mass is 9.93. The van der Waals surface area contributed by atoms with Gasteiger partial charge in [-0.05, 0) is 36.1 Å². The van der Waals surface area contributed by atoms with Crippen LogP contribution in [0, 0.1) is 5.41 Å². The Labute approximate surface area is 150 Å². The van der Waals surface area contributed by atoms with Gasteiger partial charge in [0.05, 0.1) is 0 Å². The number of amides is 2. The molecule has 0 spiro atoms. The van der Waals surface area contributed by atoms with Crippen molar-refractivity contribution in [1.82, 2.24) is 9.80 Å². The molecule has 2 amide bonds. The molecule has 1 saturated heterocycles. The SMILES string of the molecule is CN(CC(C)(C)CN)C(=O)c1ccc(CN2CCCC2=O)cc1.Cl. The highest BCUT2D eigenvalue weighted by molar-refractivity contribution is 5.94. The lowest BCUT2D eigenvalue weighted by Crippen LogP contribution is -2.39. The van der Waals surface area contributed by atoms with Crippen LogP contribution in [0.15, 0.2) is 24.3 Å². The van der Waals surface area contributed by atoms with E-state index >= 15 is 0 Å². The molecule has 1 heterocycles. The number of benzene rings is 1. The second-order valence-corrected chi connectivity index (χ2v) is 7.15. The molecular weight excluding hydrogens is 326 g/mol.